The number of rotatable bonds is 27. The van der Waals surface area contributed by atoms with Crippen molar-refractivity contribution in [1.82, 2.24) is 26.6 Å². The molecular weight excluding hydrogens is 719 g/mol. The minimum atomic E-state index is -5.20. The first-order valence-corrected chi connectivity index (χ1v) is 18.8. The minimum Gasteiger partial charge on any atom is -0.481 e. The molecule has 0 radical (unpaired) electrons. The molecule has 22 nitrogen and oxygen atoms in total. The van der Waals surface area contributed by atoms with Gasteiger partial charge in [0.2, 0.25) is 29.5 Å². The Bertz CT molecular complexity index is 1250. The second kappa shape index (κ2) is 25.2. The van der Waals surface area contributed by atoms with Crippen LogP contribution in [-0.2, 0) is 42.7 Å². The van der Waals surface area contributed by atoms with E-state index >= 15 is 0 Å². The summed E-state index contributed by atoms with van der Waals surface area (Å²) in [6, 6.07) is -6.67. The Labute approximate surface area is 299 Å². The van der Waals surface area contributed by atoms with Crippen molar-refractivity contribution in [3.05, 3.63) is 0 Å². The molecule has 24 heteroatoms. The van der Waals surface area contributed by atoms with Crippen LogP contribution < -0.4 is 54.5 Å². The molecule has 0 aliphatic carbocycles. The molecule has 0 aliphatic heterocycles. The second-order valence-corrected chi connectivity index (χ2v) is 13.5. The first-order chi connectivity index (χ1) is 23.8. The topological polar surface area (TPSA) is 386 Å². The molecule has 0 rings (SSSR count). The lowest BCUT2D eigenvalue weighted by Gasteiger charge is -2.28. The van der Waals surface area contributed by atoms with E-state index in [1.807, 2.05) is 0 Å². The molecule has 0 aliphatic rings. The van der Waals surface area contributed by atoms with Gasteiger partial charge in [0.1, 0.15) is 24.4 Å². The third-order valence-corrected chi connectivity index (χ3v) is 8.16. The highest BCUT2D eigenvalue weighted by molar-refractivity contribution is 7.98. The van der Waals surface area contributed by atoms with Gasteiger partial charge in [-0.15, -0.1) is 0 Å². The fraction of sp³-hybridized carbons (Fsp3) is 0.704. The fourth-order valence-electron chi connectivity index (χ4n) is 4.32. The molecule has 0 aromatic heterocycles. The van der Waals surface area contributed by atoms with Crippen LogP contribution in [0.1, 0.15) is 51.9 Å². The molecule has 0 bridgehead atoms. The van der Waals surface area contributed by atoms with E-state index in [0.29, 0.717) is 44.4 Å². The van der Waals surface area contributed by atoms with Gasteiger partial charge in [0.05, 0.1) is 44.2 Å². The van der Waals surface area contributed by atoms with Crippen LogP contribution in [-0.4, -0.2) is 131 Å². The van der Waals surface area contributed by atoms with Crippen molar-refractivity contribution in [3.8, 4) is 0 Å². The van der Waals surface area contributed by atoms with E-state index in [1.165, 1.54) is 11.8 Å². The quantitative estimate of drug-likeness (QED) is 0.0121. The normalized spacial score (nSPS) is 14.7. The van der Waals surface area contributed by atoms with E-state index in [4.69, 9.17) is 22.3 Å². The minimum absolute atomic E-state index is 0.000799. The lowest BCUT2D eigenvalue weighted by atomic mass is 10.1. The highest BCUT2D eigenvalue weighted by atomic mass is 32.2. The van der Waals surface area contributed by atoms with E-state index in [-0.39, 0.29) is 25.2 Å². The summed E-state index contributed by atoms with van der Waals surface area (Å²) in [6.45, 7) is 1.16. The predicted octanol–water partition coefficient (Wildman–Crippen LogP) is -7.16. The summed E-state index contributed by atoms with van der Waals surface area (Å²) in [5.41, 5.74) is 19.9. The molecule has 0 aromatic carbocycles. The number of nitrogens with two attached hydrogens (primary N) is 3. The van der Waals surface area contributed by atoms with Crippen LogP contribution in [0, 0.1) is 0 Å². The van der Waals surface area contributed by atoms with Crippen molar-refractivity contribution in [3.63, 3.8) is 0 Å². The summed E-state index contributed by atoms with van der Waals surface area (Å²) >= 11 is 1.32. The van der Waals surface area contributed by atoms with E-state index in [0.717, 1.165) is 6.92 Å². The van der Waals surface area contributed by atoms with Gasteiger partial charge in [0.25, 0.3) is 0 Å². The summed E-state index contributed by atoms with van der Waals surface area (Å²) < 4.78 is 16.2. The number of phosphoric ester groups is 1. The number of carbonyl (C=O) groups excluding carboxylic acids is 6. The molecule has 0 heterocycles. The predicted molar refractivity (Wildman–Crippen MR) is 183 cm³/mol. The monoisotopic (exact) mass is 772 g/mol. The number of guanidine groups is 1. The first kappa shape index (κ1) is 47.1. The van der Waals surface area contributed by atoms with Gasteiger partial charge in [0, 0.05) is 0 Å². The highest BCUT2D eigenvalue weighted by Gasteiger charge is 2.35. The van der Waals surface area contributed by atoms with Crippen molar-refractivity contribution >= 4 is 67.3 Å². The van der Waals surface area contributed by atoms with Crippen LogP contribution >= 0.6 is 19.6 Å². The number of amides is 5. The Morgan fingerprint density at radius 1 is 0.922 bits per heavy atom. The fourth-order valence-corrected chi connectivity index (χ4v) is 5.35. The smallest absolute Gasteiger partial charge is 0.469 e. The third-order valence-electron chi connectivity index (χ3n) is 6.91. The number of nitrogens with one attached hydrogen (secondary N) is 6. The van der Waals surface area contributed by atoms with Crippen molar-refractivity contribution in [1.29, 1.82) is 0 Å². The molecule has 0 spiro atoms. The maximum Gasteiger partial charge on any atom is 0.469 e. The Morgan fingerprint density at radius 3 is 2.08 bits per heavy atom. The van der Waals surface area contributed by atoms with Gasteiger partial charge in [0.15, 0.2) is 0 Å². The highest BCUT2D eigenvalue weighted by Crippen LogP contribution is 2.38. The van der Waals surface area contributed by atoms with Crippen LogP contribution in [0.25, 0.3) is 0 Å². The maximum atomic E-state index is 13.5. The number of aldehydes is 1. The number of phosphoric acid groups is 1. The molecule has 0 fully saturated rings. The zero-order chi connectivity index (χ0) is 39.1. The zero-order valence-electron chi connectivity index (χ0n) is 28.6. The van der Waals surface area contributed by atoms with Gasteiger partial charge < -0.3 is 57.7 Å². The molecule has 0 aromatic rings. The van der Waals surface area contributed by atoms with Crippen molar-refractivity contribution in [2.45, 2.75) is 88.2 Å². The number of aliphatic carboxylic acids is 1. The maximum absolute atomic E-state index is 13.5. The Morgan fingerprint density at radius 2 is 1.53 bits per heavy atom. The van der Waals surface area contributed by atoms with E-state index in [9.17, 15) is 47.9 Å². The van der Waals surface area contributed by atoms with Crippen LogP contribution in [0.15, 0.2) is 0 Å². The standard InChI is InChI=1S/C27H51N10O12PS/c1-15(49-50(46,47)48)22(37-20(39)13-33-23(42)17(29)12-21(40)41)26(45)36-19(8-11-51-2)25(44)35-18(7-3-4-9-28)24(43)34-16(14-38)6-5-10-32-27(30)31/h14-19,22H,3-13,28-29H2,1-2H3,(H,33,42)(H,34,43)(H,35,44)(H,36,45)(H,37,39)(H,40,41)(H4,30,31,32)(H2,46,47,48)/p+2/t15-,16+,17+,18+,19+,22+/m1/s1. The van der Waals surface area contributed by atoms with Gasteiger partial charge in [-0.2, -0.15) is 11.8 Å². The van der Waals surface area contributed by atoms with Crippen LogP contribution in [0.3, 0.4) is 0 Å². The largest absolute Gasteiger partial charge is 0.481 e. The lowest BCUT2D eigenvalue weighted by Crippen LogP contribution is -2.78. The van der Waals surface area contributed by atoms with Gasteiger partial charge in [-0.25, -0.2) is 4.57 Å². The number of quaternary nitrogens is 1. The molecule has 292 valence electrons. The van der Waals surface area contributed by atoms with Crippen LogP contribution in [0.2, 0.25) is 0 Å². The number of thioether (sulfide) groups is 1. The summed E-state index contributed by atoms with van der Waals surface area (Å²) in [7, 11) is -5.20. The third kappa shape index (κ3) is 21.9. The molecule has 0 unspecified atom stereocenters. The number of carbonyl (C=O) groups is 7. The second-order valence-electron chi connectivity index (χ2n) is 11.3. The Hall–Kier alpha value is -3.86. The molecule has 0 saturated heterocycles. The van der Waals surface area contributed by atoms with Crippen molar-refractivity contribution in [2.24, 2.45) is 17.2 Å². The summed E-state index contributed by atoms with van der Waals surface area (Å²) in [4.78, 5) is 109. The number of unbranched alkanes of at least 4 members (excludes halogenated alkanes) is 1. The summed E-state index contributed by atoms with van der Waals surface area (Å²) in [6.07, 6.45) is 1.82. The van der Waals surface area contributed by atoms with Crippen molar-refractivity contribution in [2.75, 3.05) is 31.6 Å². The number of hydrogen-bond donors (Lipinski definition) is 13. The molecule has 0 saturated carbocycles. The van der Waals surface area contributed by atoms with E-state index in [1.54, 1.807) is 6.26 Å². The summed E-state index contributed by atoms with van der Waals surface area (Å²) in [5.74, 6) is -5.65. The molecular formula is C27H53N10O12PS+2. The van der Waals surface area contributed by atoms with Gasteiger partial charge >= 0.3 is 19.8 Å². The first-order valence-electron chi connectivity index (χ1n) is 15.9. The van der Waals surface area contributed by atoms with Crippen LogP contribution in [0.5, 0.6) is 0 Å². The molecule has 6 atom stereocenters. The zero-order valence-corrected chi connectivity index (χ0v) is 30.3. The molecule has 5 amide bonds. The Balaban J connectivity index is 6.01. The average molecular weight is 773 g/mol. The van der Waals surface area contributed by atoms with Gasteiger partial charge in [-0.1, -0.05) is 0 Å². The van der Waals surface area contributed by atoms with E-state index < -0.39 is 92.6 Å². The van der Waals surface area contributed by atoms with Gasteiger partial charge in [-0.3, -0.25) is 49.8 Å². The Kier molecular flexibility index (Phi) is 23.2. The SMILES string of the molecule is CSCC[C@H](NC(=O)[C@@H](NC(=O)CNC(=O)[C@@H](N)CC(=O)O)[C@@H](C)OP(=O)(O)O)C(=O)N[C@@H](CCCC[NH3+])C(=O)N[C@H](C=O)CCC[NH+]=C(N)N. The van der Waals surface area contributed by atoms with Gasteiger partial charge in [-0.05, 0) is 57.5 Å². The number of hydrogen-bond acceptors (Lipinski definition) is 11. The summed E-state index contributed by atoms with van der Waals surface area (Å²) in [5, 5.41) is 20.7. The number of carboxylic acids is 1. The van der Waals surface area contributed by atoms with Crippen molar-refractivity contribution < 1.29 is 68.3 Å². The van der Waals surface area contributed by atoms with Crippen LogP contribution in [0.4, 0.5) is 0 Å². The van der Waals surface area contributed by atoms with E-state index in [2.05, 4.69) is 41.8 Å². The molecule has 18 N–H and O–H groups in total. The average Bonchev–Trinajstić information content (AvgIpc) is 3.03. The number of carboxylic acid groups (broad SMARTS) is 1. The molecule has 51 heavy (non-hydrogen) atoms. The lowest BCUT2D eigenvalue weighted by molar-refractivity contribution is -0.459.